The first-order valence-corrected chi connectivity index (χ1v) is 11.3. The second-order valence-corrected chi connectivity index (χ2v) is 8.66. The molecule has 174 valence electrons. The molecule has 4 rings (SSSR count). The van der Waals surface area contributed by atoms with Gasteiger partial charge in [-0.3, -0.25) is 9.59 Å². The Hall–Kier alpha value is -3.27. The number of methoxy groups -OCH3 is 1. The molecule has 1 aliphatic rings. The number of rotatable bonds is 7. The summed E-state index contributed by atoms with van der Waals surface area (Å²) >= 11 is 1.70. The van der Waals surface area contributed by atoms with E-state index in [0.29, 0.717) is 19.0 Å². The second kappa shape index (κ2) is 10.1. The van der Waals surface area contributed by atoms with Crippen molar-refractivity contribution < 1.29 is 27.8 Å². The minimum absolute atomic E-state index is 0.00574. The monoisotopic (exact) mass is 475 g/mol. The summed E-state index contributed by atoms with van der Waals surface area (Å²) < 4.78 is 35.4. The number of halogens is 2. The fourth-order valence-corrected chi connectivity index (χ4v) is 4.95. The summed E-state index contributed by atoms with van der Waals surface area (Å²) in [4.78, 5) is 31.5. The molecule has 2 amide bonds. The van der Waals surface area contributed by atoms with Crippen LogP contribution in [0.25, 0.3) is 10.2 Å². The number of carbonyl (C=O) groups excluding carboxylic acids is 2. The Morgan fingerprint density at radius 1 is 1.18 bits per heavy atom. The lowest BCUT2D eigenvalue weighted by Gasteiger charge is -2.31. The van der Waals surface area contributed by atoms with Crippen LogP contribution in [0, 0.1) is 0 Å². The topological polar surface area (TPSA) is 80.8 Å². The maximum absolute atomic E-state index is 12.6. The first-order chi connectivity index (χ1) is 15.9. The minimum atomic E-state index is -3.00. The highest BCUT2D eigenvalue weighted by atomic mass is 32.1. The number of para-hydroxylation sites is 1. The van der Waals surface area contributed by atoms with Crippen LogP contribution in [-0.2, 0) is 4.79 Å². The predicted molar refractivity (Wildman–Crippen MR) is 120 cm³/mol. The third-order valence-electron chi connectivity index (χ3n) is 5.55. The van der Waals surface area contributed by atoms with E-state index in [0.717, 1.165) is 23.4 Å². The van der Waals surface area contributed by atoms with Crippen molar-refractivity contribution in [3.63, 3.8) is 0 Å². The number of alkyl halides is 2. The second-order valence-electron chi connectivity index (χ2n) is 7.60. The van der Waals surface area contributed by atoms with Gasteiger partial charge in [0.15, 0.2) is 11.5 Å². The van der Waals surface area contributed by atoms with Crippen molar-refractivity contribution in [1.82, 2.24) is 15.2 Å². The molecule has 0 bridgehead atoms. The number of fused-ring (bicyclic) bond motifs is 1. The quantitative estimate of drug-likeness (QED) is 0.558. The van der Waals surface area contributed by atoms with Crippen molar-refractivity contribution >= 4 is 33.4 Å². The van der Waals surface area contributed by atoms with E-state index >= 15 is 0 Å². The highest BCUT2D eigenvalue weighted by Gasteiger charge is 2.26. The van der Waals surface area contributed by atoms with E-state index in [1.807, 2.05) is 18.2 Å². The summed E-state index contributed by atoms with van der Waals surface area (Å²) in [7, 11) is 1.29. The van der Waals surface area contributed by atoms with Gasteiger partial charge in [0.25, 0.3) is 5.91 Å². The lowest BCUT2D eigenvalue weighted by Crippen LogP contribution is -2.43. The number of ether oxygens (including phenoxy) is 2. The Morgan fingerprint density at radius 3 is 2.64 bits per heavy atom. The van der Waals surface area contributed by atoms with Crippen LogP contribution in [0.4, 0.5) is 8.78 Å². The fourth-order valence-electron chi connectivity index (χ4n) is 3.81. The third-order valence-corrected chi connectivity index (χ3v) is 6.75. The molecule has 0 unspecified atom stereocenters. The van der Waals surface area contributed by atoms with Gasteiger partial charge < -0.3 is 19.7 Å². The number of thiazole rings is 1. The van der Waals surface area contributed by atoms with Crippen molar-refractivity contribution in [3.05, 3.63) is 53.0 Å². The standard InChI is InChI=1S/C23H23F2N3O4S/c1-31-18-12-15(6-7-17(18)32-23(24)25)21(30)26-13-20(29)28-10-8-14(9-11-28)22-27-16-4-2-3-5-19(16)33-22/h2-7,12,14,23H,8-11,13H2,1H3,(H,26,30). The number of likely N-dealkylation sites (tertiary alicyclic amines) is 1. The normalized spacial score (nSPS) is 14.5. The number of nitrogens with zero attached hydrogens (tertiary/aromatic N) is 2. The van der Waals surface area contributed by atoms with Gasteiger partial charge in [-0.05, 0) is 43.2 Å². The van der Waals surface area contributed by atoms with E-state index in [1.54, 1.807) is 16.2 Å². The largest absolute Gasteiger partial charge is 0.493 e. The number of piperidine rings is 1. The molecular weight excluding hydrogens is 452 g/mol. The summed E-state index contributed by atoms with van der Waals surface area (Å²) in [5.41, 5.74) is 1.18. The van der Waals surface area contributed by atoms with Crippen LogP contribution in [0.3, 0.4) is 0 Å². The maximum Gasteiger partial charge on any atom is 0.387 e. The number of hydrogen-bond donors (Lipinski definition) is 1. The predicted octanol–water partition coefficient (Wildman–Crippen LogP) is 4.04. The molecule has 2 aromatic carbocycles. The van der Waals surface area contributed by atoms with E-state index < -0.39 is 12.5 Å². The number of benzene rings is 2. The van der Waals surface area contributed by atoms with Crippen LogP contribution >= 0.6 is 11.3 Å². The lowest BCUT2D eigenvalue weighted by molar-refractivity contribution is -0.131. The molecule has 3 aromatic rings. The maximum atomic E-state index is 12.6. The van der Waals surface area contributed by atoms with Crippen LogP contribution in [0.5, 0.6) is 11.5 Å². The highest BCUT2D eigenvalue weighted by molar-refractivity contribution is 7.18. The van der Waals surface area contributed by atoms with E-state index in [2.05, 4.69) is 16.1 Å². The molecule has 1 aliphatic heterocycles. The number of aromatic nitrogens is 1. The zero-order valence-corrected chi connectivity index (χ0v) is 18.7. The molecule has 0 atom stereocenters. The van der Waals surface area contributed by atoms with Crippen molar-refractivity contribution in [2.75, 3.05) is 26.7 Å². The average molecular weight is 476 g/mol. The molecule has 1 fully saturated rings. The molecule has 0 radical (unpaired) electrons. The van der Waals surface area contributed by atoms with Crippen LogP contribution in [-0.4, -0.2) is 55.1 Å². The van der Waals surface area contributed by atoms with Crippen LogP contribution in [0.15, 0.2) is 42.5 Å². The first kappa shape index (κ1) is 22.9. The average Bonchev–Trinajstić information content (AvgIpc) is 3.26. The van der Waals surface area contributed by atoms with Crippen molar-refractivity contribution in [2.45, 2.75) is 25.4 Å². The molecule has 10 heteroatoms. The Bertz CT molecular complexity index is 1110. The van der Waals surface area contributed by atoms with Crippen molar-refractivity contribution in [2.24, 2.45) is 0 Å². The highest BCUT2D eigenvalue weighted by Crippen LogP contribution is 2.34. The molecule has 1 aromatic heterocycles. The van der Waals surface area contributed by atoms with Gasteiger partial charge in [-0.1, -0.05) is 12.1 Å². The molecule has 0 aliphatic carbocycles. The summed E-state index contributed by atoms with van der Waals surface area (Å²) in [6, 6.07) is 11.9. The molecule has 33 heavy (non-hydrogen) atoms. The zero-order chi connectivity index (χ0) is 23.4. The summed E-state index contributed by atoms with van der Waals surface area (Å²) in [5.74, 6) is -0.518. The van der Waals surface area contributed by atoms with E-state index in [4.69, 9.17) is 9.72 Å². The minimum Gasteiger partial charge on any atom is -0.493 e. The number of hydrogen-bond acceptors (Lipinski definition) is 6. The molecule has 7 nitrogen and oxygen atoms in total. The molecule has 0 saturated carbocycles. The van der Waals surface area contributed by atoms with E-state index in [1.165, 1.54) is 30.0 Å². The number of amides is 2. The fraction of sp³-hybridized carbons (Fsp3) is 0.348. The number of nitrogens with one attached hydrogen (secondary N) is 1. The number of carbonyl (C=O) groups is 2. The van der Waals surface area contributed by atoms with Gasteiger partial charge in [0.05, 0.1) is 28.9 Å². The van der Waals surface area contributed by atoms with Gasteiger partial charge in [0.1, 0.15) is 0 Å². The molecule has 1 N–H and O–H groups in total. The molecule has 1 saturated heterocycles. The smallest absolute Gasteiger partial charge is 0.387 e. The van der Waals surface area contributed by atoms with Gasteiger partial charge in [0.2, 0.25) is 5.91 Å². The molecule has 0 spiro atoms. The van der Waals surface area contributed by atoms with Gasteiger partial charge in [0, 0.05) is 24.6 Å². The van der Waals surface area contributed by atoms with Crippen molar-refractivity contribution in [3.8, 4) is 11.5 Å². The summed E-state index contributed by atoms with van der Waals surface area (Å²) in [6.45, 7) is -1.96. The Labute approximate surface area is 193 Å². The first-order valence-electron chi connectivity index (χ1n) is 10.5. The Balaban J connectivity index is 1.29. The van der Waals surface area contributed by atoms with Gasteiger partial charge in [-0.2, -0.15) is 8.78 Å². The van der Waals surface area contributed by atoms with Crippen molar-refractivity contribution in [1.29, 1.82) is 0 Å². The van der Waals surface area contributed by atoms with E-state index in [-0.39, 0.29) is 29.5 Å². The lowest BCUT2D eigenvalue weighted by atomic mass is 9.97. The molecular formula is C23H23F2N3O4S. The summed E-state index contributed by atoms with van der Waals surface area (Å²) in [6.07, 6.45) is 1.64. The summed E-state index contributed by atoms with van der Waals surface area (Å²) in [5, 5.41) is 3.68. The zero-order valence-electron chi connectivity index (χ0n) is 17.9. The third kappa shape index (κ3) is 5.39. The SMILES string of the molecule is COc1cc(C(=O)NCC(=O)N2CCC(c3nc4ccccc4s3)CC2)ccc1OC(F)F. The van der Waals surface area contributed by atoms with Gasteiger partial charge in [-0.15, -0.1) is 11.3 Å². The van der Waals surface area contributed by atoms with E-state index in [9.17, 15) is 18.4 Å². The van der Waals surface area contributed by atoms with Crippen LogP contribution < -0.4 is 14.8 Å². The molecule has 2 heterocycles. The van der Waals surface area contributed by atoms with Gasteiger partial charge >= 0.3 is 6.61 Å². The van der Waals surface area contributed by atoms with Gasteiger partial charge in [-0.25, -0.2) is 4.98 Å². The Kier molecular flexibility index (Phi) is 7.02. The van der Waals surface area contributed by atoms with Crippen LogP contribution in [0.1, 0.15) is 34.1 Å². The Morgan fingerprint density at radius 2 is 1.94 bits per heavy atom. The van der Waals surface area contributed by atoms with Crippen LogP contribution in [0.2, 0.25) is 0 Å².